The van der Waals surface area contributed by atoms with E-state index in [2.05, 4.69) is 265 Å². The highest BCUT2D eigenvalue weighted by Gasteiger charge is 2.49. The number of fused-ring (bicyclic) bond motifs is 8. The molecule has 352 valence electrons. The third kappa shape index (κ3) is 6.86. The summed E-state index contributed by atoms with van der Waals surface area (Å²) in [6, 6.07) is 71.4. The van der Waals surface area contributed by atoms with Gasteiger partial charge < -0.3 is 14.7 Å². The third-order valence-corrected chi connectivity index (χ3v) is 16.5. The van der Waals surface area contributed by atoms with Crippen molar-refractivity contribution in [2.75, 3.05) is 14.7 Å². The van der Waals surface area contributed by atoms with Gasteiger partial charge in [-0.1, -0.05) is 170 Å². The van der Waals surface area contributed by atoms with Gasteiger partial charge in [-0.2, -0.15) is 0 Å². The van der Waals surface area contributed by atoms with E-state index in [0.717, 1.165) is 29.9 Å². The molecule has 9 aromatic rings. The maximum atomic E-state index is 2.73. The Morgan fingerprint density at radius 2 is 1.07 bits per heavy atom. The zero-order valence-electron chi connectivity index (χ0n) is 43.2. The summed E-state index contributed by atoms with van der Waals surface area (Å²) in [6.45, 7) is 21.6. The molecule has 0 unspecified atom stereocenters. The average Bonchev–Trinajstić information content (AvgIpc) is 3.83. The highest BCUT2D eigenvalue weighted by molar-refractivity contribution is 7.00. The first kappa shape index (κ1) is 44.4. The molecule has 2 heterocycles. The summed E-state index contributed by atoms with van der Waals surface area (Å²) in [6.07, 6.45) is 2.00. The van der Waals surface area contributed by atoms with Crippen LogP contribution in [0.15, 0.2) is 188 Å². The first-order valence-electron chi connectivity index (χ1n) is 26.0. The number of hydrogen-bond acceptors (Lipinski definition) is 3. The standard InChI is InChI=1S/C68H62BN3/c1-43-33-63-65-64(34-43)72(60-38-48(66(3,4)5)37-53-52-28-20-19-23-47(52)35-54(53)60)62-41-56-55(67(6,7)42-68(56,8)9)40-58(62)69(65)57-32-31-51(70(49-24-15-11-16-25-49)50-26-17-12-18-27-50)39-61(57)71(63)59-36-46(30-29-44(59)2)45-21-13-10-14-22-45/h10-34,36-41H,35,42H2,1-9H3. The zero-order valence-corrected chi connectivity index (χ0v) is 43.2. The van der Waals surface area contributed by atoms with E-state index in [9.17, 15) is 0 Å². The molecule has 0 atom stereocenters. The van der Waals surface area contributed by atoms with E-state index in [0.29, 0.717) is 0 Å². The Morgan fingerprint density at radius 3 is 1.74 bits per heavy atom. The van der Waals surface area contributed by atoms with Gasteiger partial charge in [0.2, 0.25) is 0 Å². The lowest BCUT2D eigenvalue weighted by Crippen LogP contribution is -2.61. The minimum absolute atomic E-state index is 0.0123. The van der Waals surface area contributed by atoms with E-state index in [1.54, 1.807) is 0 Å². The Morgan fingerprint density at radius 1 is 0.472 bits per heavy atom. The van der Waals surface area contributed by atoms with Gasteiger partial charge in [-0.05, 0) is 181 Å². The van der Waals surface area contributed by atoms with Crippen molar-refractivity contribution in [3.05, 3.63) is 227 Å². The van der Waals surface area contributed by atoms with E-state index >= 15 is 0 Å². The largest absolute Gasteiger partial charge is 0.311 e. The lowest BCUT2D eigenvalue weighted by Gasteiger charge is -2.46. The normalized spacial score (nSPS) is 15.3. The third-order valence-electron chi connectivity index (χ3n) is 16.5. The lowest BCUT2D eigenvalue weighted by atomic mass is 9.33. The van der Waals surface area contributed by atoms with Crippen LogP contribution in [0.1, 0.15) is 93.8 Å². The van der Waals surface area contributed by atoms with Gasteiger partial charge in [-0.3, -0.25) is 0 Å². The molecular weight excluding hydrogens is 870 g/mol. The fourth-order valence-electron chi connectivity index (χ4n) is 13.3. The van der Waals surface area contributed by atoms with Crippen LogP contribution in [0.4, 0.5) is 51.2 Å². The molecule has 0 spiro atoms. The highest BCUT2D eigenvalue weighted by atomic mass is 15.2. The zero-order chi connectivity index (χ0) is 49.4. The lowest BCUT2D eigenvalue weighted by molar-refractivity contribution is 0.403. The van der Waals surface area contributed by atoms with Crippen molar-refractivity contribution in [1.29, 1.82) is 0 Å². The van der Waals surface area contributed by atoms with E-state index in [4.69, 9.17) is 0 Å². The molecule has 0 fully saturated rings. The first-order chi connectivity index (χ1) is 34.6. The van der Waals surface area contributed by atoms with Crippen LogP contribution in [0.3, 0.4) is 0 Å². The Kier molecular flexibility index (Phi) is 9.85. The Bertz CT molecular complexity index is 3620. The molecule has 3 nitrogen and oxygen atoms in total. The number of nitrogens with zero attached hydrogens (tertiary/aromatic N) is 3. The molecule has 0 aromatic heterocycles. The van der Waals surface area contributed by atoms with Crippen molar-refractivity contribution in [2.24, 2.45) is 0 Å². The number of benzene rings is 9. The van der Waals surface area contributed by atoms with Gasteiger partial charge in [-0.15, -0.1) is 0 Å². The fraction of sp³-hybridized carbons (Fsp3) is 0.206. The molecule has 13 rings (SSSR count). The van der Waals surface area contributed by atoms with Crippen molar-refractivity contribution in [3.63, 3.8) is 0 Å². The molecule has 2 aliphatic heterocycles. The molecule has 0 amide bonds. The number of hydrogen-bond donors (Lipinski definition) is 0. The smallest absolute Gasteiger partial charge is 0.252 e. The molecule has 4 heteroatoms. The molecule has 4 aliphatic rings. The van der Waals surface area contributed by atoms with Crippen LogP contribution in [0.5, 0.6) is 0 Å². The van der Waals surface area contributed by atoms with Gasteiger partial charge in [0, 0.05) is 51.9 Å². The van der Waals surface area contributed by atoms with Crippen molar-refractivity contribution in [2.45, 2.75) is 91.4 Å². The SMILES string of the molecule is Cc1cc2c3c(c1)N(c1cc(C(C)(C)C)cc4c1Cc1ccccc1-4)c1cc4c(cc1B3c1ccc(N(c3ccccc3)c3ccccc3)cc1N2c1cc(-c2ccccc2)ccc1C)C(C)(C)CC4(C)C. The van der Waals surface area contributed by atoms with Crippen LogP contribution in [-0.4, -0.2) is 6.71 Å². The number of anilines is 9. The van der Waals surface area contributed by atoms with Crippen molar-refractivity contribution < 1.29 is 0 Å². The molecule has 0 bridgehead atoms. The van der Waals surface area contributed by atoms with Crippen LogP contribution in [-0.2, 0) is 22.7 Å². The average molecular weight is 932 g/mol. The van der Waals surface area contributed by atoms with Gasteiger partial charge in [-0.25, -0.2) is 0 Å². The summed E-state index contributed by atoms with van der Waals surface area (Å²) >= 11 is 0. The first-order valence-corrected chi connectivity index (χ1v) is 26.0. The molecule has 0 saturated heterocycles. The van der Waals surface area contributed by atoms with Crippen molar-refractivity contribution >= 4 is 74.3 Å². The molecule has 9 aromatic carbocycles. The Balaban J connectivity index is 1.14. The number of para-hydroxylation sites is 2. The second kappa shape index (κ2) is 16.0. The van der Waals surface area contributed by atoms with Crippen LogP contribution in [0, 0.1) is 13.8 Å². The van der Waals surface area contributed by atoms with Gasteiger partial charge in [0.25, 0.3) is 6.71 Å². The van der Waals surface area contributed by atoms with Gasteiger partial charge >= 0.3 is 0 Å². The maximum Gasteiger partial charge on any atom is 0.252 e. The Labute approximate surface area is 427 Å². The monoisotopic (exact) mass is 932 g/mol. The molecule has 0 N–H and O–H groups in total. The van der Waals surface area contributed by atoms with E-state index in [-0.39, 0.29) is 23.0 Å². The molecule has 72 heavy (non-hydrogen) atoms. The summed E-state index contributed by atoms with van der Waals surface area (Å²) in [4.78, 5) is 7.78. The van der Waals surface area contributed by atoms with E-state index in [1.165, 1.54) is 112 Å². The second-order valence-corrected chi connectivity index (χ2v) is 23.4. The topological polar surface area (TPSA) is 9.72 Å². The van der Waals surface area contributed by atoms with Crippen LogP contribution in [0.2, 0.25) is 0 Å². The minimum Gasteiger partial charge on any atom is -0.311 e. The molecular formula is C68H62BN3. The van der Waals surface area contributed by atoms with E-state index in [1.807, 2.05) is 0 Å². The van der Waals surface area contributed by atoms with Crippen molar-refractivity contribution in [3.8, 4) is 22.3 Å². The summed E-state index contributed by atoms with van der Waals surface area (Å²) in [7, 11) is 0. The maximum absolute atomic E-state index is 2.73. The highest BCUT2D eigenvalue weighted by Crippen LogP contribution is 2.55. The van der Waals surface area contributed by atoms with Crippen LogP contribution in [0.25, 0.3) is 22.3 Å². The molecule has 0 saturated carbocycles. The minimum atomic E-state index is -0.0689. The Hall–Kier alpha value is -7.56. The number of rotatable bonds is 6. The summed E-state index contributed by atoms with van der Waals surface area (Å²) < 4.78 is 0. The summed E-state index contributed by atoms with van der Waals surface area (Å²) in [5.41, 5.74) is 29.6. The summed E-state index contributed by atoms with van der Waals surface area (Å²) in [5, 5.41) is 0. The molecule has 0 radical (unpaired) electrons. The quantitative estimate of drug-likeness (QED) is 0.154. The number of aryl methyl sites for hydroxylation is 2. The van der Waals surface area contributed by atoms with Gasteiger partial charge in [0.1, 0.15) is 0 Å². The summed E-state index contributed by atoms with van der Waals surface area (Å²) in [5.74, 6) is 0. The van der Waals surface area contributed by atoms with Gasteiger partial charge in [0.05, 0.1) is 5.69 Å². The van der Waals surface area contributed by atoms with Crippen molar-refractivity contribution in [1.82, 2.24) is 0 Å². The van der Waals surface area contributed by atoms with Crippen LogP contribution < -0.4 is 31.1 Å². The fourth-order valence-corrected chi connectivity index (χ4v) is 13.3. The predicted octanol–water partition coefficient (Wildman–Crippen LogP) is 16.4. The predicted molar refractivity (Wildman–Crippen MR) is 308 cm³/mol. The molecule has 2 aliphatic carbocycles. The second-order valence-electron chi connectivity index (χ2n) is 23.4. The van der Waals surface area contributed by atoms with E-state index < -0.39 is 0 Å². The van der Waals surface area contributed by atoms with Gasteiger partial charge in [0.15, 0.2) is 0 Å². The van der Waals surface area contributed by atoms with Crippen LogP contribution >= 0.6 is 0 Å².